The first-order valence-corrected chi connectivity index (χ1v) is 13.8. The number of aliphatic carboxylic acids is 1. The number of hydrogen-bond acceptors (Lipinski definition) is 5. The average Bonchev–Trinajstić information content (AvgIpc) is 3.29. The molecule has 42 heavy (non-hydrogen) atoms. The summed E-state index contributed by atoms with van der Waals surface area (Å²) in [5.41, 5.74) is 3.94. The van der Waals surface area contributed by atoms with Gasteiger partial charge in [-0.15, -0.1) is 0 Å². The molecule has 5 N–H and O–H groups in total. The first kappa shape index (κ1) is 30.5. The minimum Gasteiger partial charge on any atom is -0.506 e. The van der Waals surface area contributed by atoms with Gasteiger partial charge in [0.15, 0.2) is 0 Å². The van der Waals surface area contributed by atoms with E-state index in [9.17, 15) is 29.3 Å². The van der Waals surface area contributed by atoms with Crippen molar-refractivity contribution in [3.05, 3.63) is 95.9 Å². The highest BCUT2D eigenvalue weighted by molar-refractivity contribution is 6.13. The fraction of sp³-hybridized carbons (Fsp3) is 0.273. The van der Waals surface area contributed by atoms with Crippen molar-refractivity contribution in [2.75, 3.05) is 5.32 Å². The molecule has 0 fully saturated rings. The fourth-order valence-electron chi connectivity index (χ4n) is 5.25. The summed E-state index contributed by atoms with van der Waals surface area (Å²) in [6, 6.07) is 21.7. The number of anilines is 1. The third-order valence-corrected chi connectivity index (χ3v) is 7.05. The number of benzene rings is 3. The largest absolute Gasteiger partial charge is 0.506 e. The smallest absolute Gasteiger partial charge is 0.305 e. The van der Waals surface area contributed by atoms with Crippen molar-refractivity contribution < 1.29 is 34.4 Å². The lowest BCUT2D eigenvalue weighted by Crippen LogP contribution is -2.22. The molecule has 0 saturated heterocycles. The Balaban J connectivity index is 1.91. The summed E-state index contributed by atoms with van der Waals surface area (Å²) < 4.78 is 16.0. The Bertz CT molecular complexity index is 1530. The monoisotopic (exact) mass is 574 g/mol. The van der Waals surface area contributed by atoms with Gasteiger partial charge in [-0.05, 0) is 66.3 Å². The van der Waals surface area contributed by atoms with E-state index in [4.69, 9.17) is 5.11 Å². The Morgan fingerprint density at radius 2 is 1.52 bits per heavy atom. The van der Waals surface area contributed by atoms with Gasteiger partial charge < -0.3 is 30.3 Å². The van der Waals surface area contributed by atoms with E-state index in [0.717, 1.165) is 5.56 Å². The van der Waals surface area contributed by atoms with Gasteiger partial charge in [0.1, 0.15) is 11.6 Å². The molecule has 4 aromatic rings. The van der Waals surface area contributed by atoms with Crippen molar-refractivity contribution in [3.63, 3.8) is 0 Å². The molecule has 1 aromatic heterocycles. The number of nitrogens with zero attached hydrogens (tertiary/aromatic N) is 1. The lowest BCUT2D eigenvalue weighted by atomic mass is 9.94. The number of para-hydroxylation sites is 2. The van der Waals surface area contributed by atoms with E-state index in [-0.39, 0.29) is 36.7 Å². The maximum absolute atomic E-state index is 14.1. The molecular formula is C33H35FN2O6. The van der Waals surface area contributed by atoms with E-state index in [1.165, 1.54) is 18.2 Å². The molecule has 1 heterocycles. The molecule has 8 nitrogen and oxygen atoms in total. The van der Waals surface area contributed by atoms with Gasteiger partial charge in [0, 0.05) is 17.8 Å². The zero-order valence-corrected chi connectivity index (χ0v) is 23.5. The summed E-state index contributed by atoms with van der Waals surface area (Å²) in [7, 11) is 0. The lowest BCUT2D eigenvalue weighted by Gasteiger charge is -2.20. The molecule has 0 saturated carbocycles. The topological polar surface area (TPSA) is 132 Å². The summed E-state index contributed by atoms with van der Waals surface area (Å²) >= 11 is 0. The van der Waals surface area contributed by atoms with Crippen LogP contribution in [0, 0.1) is 5.82 Å². The van der Waals surface area contributed by atoms with Gasteiger partial charge in [0.25, 0.3) is 5.91 Å². The molecule has 220 valence electrons. The number of aromatic hydroxyl groups is 1. The number of aliphatic hydroxyl groups excluding tert-OH is 2. The maximum Gasteiger partial charge on any atom is 0.305 e. The number of phenolic OH excluding ortho intramolecular Hbond substituents is 1. The summed E-state index contributed by atoms with van der Waals surface area (Å²) in [5, 5.41) is 43.0. The third kappa shape index (κ3) is 7.05. The van der Waals surface area contributed by atoms with Crippen molar-refractivity contribution in [1.29, 1.82) is 0 Å². The number of hydrogen-bond donors (Lipinski definition) is 5. The number of aromatic nitrogens is 1. The van der Waals surface area contributed by atoms with Crippen molar-refractivity contribution in [2.24, 2.45) is 0 Å². The van der Waals surface area contributed by atoms with Crippen LogP contribution in [0.15, 0.2) is 78.9 Å². The SMILES string of the molecule is CC(C)c1c(C(=O)Nc2ccccc2O)c(-c2ccccc2)c(-c2ccc(F)cc2)n1CC[C@@H](O)C[C@@H](O)CC(=O)O. The van der Waals surface area contributed by atoms with Crippen LogP contribution in [0.3, 0.4) is 0 Å². The van der Waals surface area contributed by atoms with Crippen molar-refractivity contribution in [2.45, 2.75) is 57.8 Å². The number of rotatable bonds is 12. The second kappa shape index (κ2) is 13.5. The molecule has 3 aromatic carbocycles. The molecule has 0 unspecified atom stereocenters. The van der Waals surface area contributed by atoms with Gasteiger partial charge >= 0.3 is 5.97 Å². The standard InChI is InChI=1S/C33H35FN2O6/c1-20(2)31-30(33(42)35-26-10-6-7-11-27(26)39)29(21-8-4-3-5-9-21)32(22-12-14-23(34)15-13-22)36(31)17-16-24(37)18-25(38)19-28(40)41/h3-15,20,24-25,37-39H,16-19H2,1-2H3,(H,35,42)(H,40,41)/t24-,25-/m1/s1. The second-order valence-corrected chi connectivity index (χ2v) is 10.6. The van der Waals surface area contributed by atoms with Crippen molar-refractivity contribution >= 4 is 17.6 Å². The van der Waals surface area contributed by atoms with Gasteiger partial charge in [-0.2, -0.15) is 0 Å². The minimum atomic E-state index is -1.21. The normalized spacial score (nSPS) is 12.7. The van der Waals surface area contributed by atoms with Crippen LogP contribution < -0.4 is 5.32 Å². The Morgan fingerprint density at radius 1 is 0.881 bits per heavy atom. The highest BCUT2D eigenvalue weighted by Crippen LogP contribution is 2.43. The Morgan fingerprint density at radius 3 is 2.14 bits per heavy atom. The molecule has 0 aliphatic carbocycles. The molecule has 2 atom stereocenters. The number of phenols is 1. The molecule has 0 radical (unpaired) electrons. The molecule has 1 amide bonds. The zero-order chi connectivity index (χ0) is 30.4. The number of amides is 1. The molecule has 0 aliphatic heterocycles. The van der Waals surface area contributed by atoms with Crippen molar-refractivity contribution in [1.82, 2.24) is 4.57 Å². The quantitative estimate of drug-likeness (QED) is 0.132. The Kier molecular flexibility index (Phi) is 9.77. The Labute approximate surface area is 243 Å². The molecule has 9 heteroatoms. The van der Waals surface area contributed by atoms with E-state index in [2.05, 4.69) is 5.32 Å². The summed E-state index contributed by atoms with van der Waals surface area (Å²) in [4.78, 5) is 25.1. The summed E-state index contributed by atoms with van der Waals surface area (Å²) in [5.74, 6) is -2.28. The summed E-state index contributed by atoms with van der Waals surface area (Å²) in [6.07, 6.45) is -2.66. The summed E-state index contributed by atoms with van der Waals surface area (Å²) in [6.45, 7) is 4.11. The van der Waals surface area contributed by atoms with Crippen LogP contribution >= 0.6 is 0 Å². The lowest BCUT2D eigenvalue weighted by molar-refractivity contribution is -0.139. The third-order valence-electron chi connectivity index (χ3n) is 7.05. The predicted molar refractivity (Wildman–Crippen MR) is 159 cm³/mol. The van der Waals surface area contributed by atoms with Crippen LogP contribution in [-0.4, -0.2) is 49.1 Å². The van der Waals surface area contributed by atoms with Crippen LogP contribution in [0.5, 0.6) is 5.75 Å². The average molecular weight is 575 g/mol. The second-order valence-electron chi connectivity index (χ2n) is 10.6. The highest BCUT2D eigenvalue weighted by Gasteiger charge is 2.31. The molecular weight excluding hydrogens is 539 g/mol. The first-order chi connectivity index (χ1) is 20.1. The zero-order valence-electron chi connectivity index (χ0n) is 23.5. The maximum atomic E-state index is 14.1. The molecule has 0 bridgehead atoms. The number of carbonyl (C=O) groups excluding carboxylic acids is 1. The number of aliphatic hydroxyl groups is 2. The highest BCUT2D eigenvalue weighted by atomic mass is 19.1. The minimum absolute atomic E-state index is 0.0839. The number of carboxylic acid groups (broad SMARTS) is 1. The number of nitrogens with one attached hydrogen (secondary N) is 1. The van der Waals surface area contributed by atoms with Gasteiger partial charge in [-0.3, -0.25) is 9.59 Å². The number of carbonyl (C=O) groups is 2. The van der Waals surface area contributed by atoms with Gasteiger partial charge in [-0.25, -0.2) is 4.39 Å². The number of halogens is 1. The van der Waals surface area contributed by atoms with Crippen LogP contribution in [0.1, 0.15) is 55.1 Å². The molecule has 0 aliphatic rings. The number of carboxylic acids is 1. The molecule has 0 spiro atoms. The van der Waals surface area contributed by atoms with Gasteiger partial charge in [0.05, 0.1) is 35.6 Å². The fourth-order valence-corrected chi connectivity index (χ4v) is 5.25. The van der Waals surface area contributed by atoms with E-state index in [1.54, 1.807) is 30.3 Å². The van der Waals surface area contributed by atoms with Crippen LogP contribution in [0.4, 0.5) is 10.1 Å². The first-order valence-electron chi connectivity index (χ1n) is 13.8. The Hall–Kier alpha value is -4.47. The predicted octanol–water partition coefficient (Wildman–Crippen LogP) is 6.02. The van der Waals surface area contributed by atoms with E-state index in [1.807, 2.05) is 48.7 Å². The van der Waals surface area contributed by atoms with Crippen molar-refractivity contribution in [3.8, 4) is 28.1 Å². The van der Waals surface area contributed by atoms with Crippen LogP contribution in [-0.2, 0) is 11.3 Å². The molecule has 4 rings (SSSR count). The van der Waals surface area contributed by atoms with Gasteiger partial charge in [0.2, 0.25) is 0 Å². The van der Waals surface area contributed by atoms with Gasteiger partial charge in [-0.1, -0.05) is 56.3 Å². The van der Waals surface area contributed by atoms with E-state index >= 15 is 0 Å². The van der Waals surface area contributed by atoms with E-state index in [0.29, 0.717) is 28.1 Å². The van der Waals surface area contributed by atoms with Crippen LogP contribution in [0.2, 0.25) is 0 Å². The van der Waals surface area contributed by atoms with Crippen LogP contribution in [0.25, 0.3) is 22.4 Å². The van der Waals surface area contributed by atoms with E-state index < -0.39 is 36.3 Å².